The first-order valence-corrected chi connectivity index (χ1v) is 5.91. The summed E-state index contributed by atoms with van der Waals surface area (Å²) in [6.07, 6.45) is -0.805. The SMILES string of the molecule is Cc1cccc(CN2CCN(C(=O)O)CC2)c1. The van der Waals surface area contributed by atoms with Crippen molar-refractivity contribution in [2.75, 3.05) is 26.2 Å². The van der Waals surface area contributed by atoms with E-state index in [4.69, 9.17) is 5.11 Å². The highest BCUT2D eigenvalue weighted by Crippen LogP contribution is 2.10. The van der Waals surface area contributed by atoms with Gasteiger partial charge in [0.15, 0.2) is 0 Å². The number of hydrogen-bond donors (Lipinski definition) is 1. The van der Waals surface area contributed by atoms with E-state index in [1.54, 1.807) is 0 Å². The molecule has 1 aromatic carbocycles. The molecule has 1 saturated heterocycles. The van der Waals surface area contributed by atoms with Gasteiger partial charge >= 0.3 is 6.09 Å². The number of benzene rings is 1. The summed E-state index contributed by atoms with van der Waals surface area (Å²) < 4.78 is 0. The molecule has 1 amide bonds. The van der Waals surface area contributed by atoms with Crippen molar-refractivity contribution in [3.05, 3.63) is 35.4 Å². The Morgan fingerprint density at radius 2 is 2.00 bits per heavy atom. The second-order valence-corrected chi connectivity index (χ2v) is 4.53. The Morgan fingerprint density at radius 1 is 1.29 bits per heavy atom. The van der Waals surface area contributed by atoms with Crippen LogP contribution in [-0.4, -0.2) is 47.2 Å². The molecular weight excluding hydrogens is 216 g/mol. The highest BCUT2D eigenvalue weighted by molar-refractivity contribution is 5.65. The van der Waals surface area contributed by atoms with E-state index in [0.29, 0.717) is 13.1 Å². The average Bonchev–Trinajstić information content (AvgIpc) is 2.29. The van der Waals surface area contributed by atoms with Crippen molar-refractivity contribution in [3.63, 3.8) is 0 Å². The van der Waals surface area contributed by atoms with Gasteiger partial charge in [0.25, 0.3) is 0 Å². The molecule has 2 rings (SSSR count). The Bertz CT molecular complexity index is 398. The zero-order valence-electron chi connectivity index (χ0n) is 10.1. The topological polar surface area (TPSA) is 43.8 Å². The molecule has 1 aromatic rings. The third-order valence-corrected chi connectivity index (χ3v) is 3.13. The van der Waals surface area contributed by atoms with Gasteiger partial charge in [0.1, 0.15) is 0 Å². The first-order valence-electron chi connectivity index (χ1n) is 5.91. The van der Waals surface area contributed by atoms with E-state index >= 15 is 0 Å². The minimum atomic E-state index is -0.805. The molecule has 0 aromatic heterocycles. The van der Waals surface area contributed by atoms with Crippen LogP contribution in [-0.2, 0) is 6.54 Å². The van der Waals surface area contributed by atoms with Gasteiger partial charge < -0.3 is 10.0 Å². The van der Waals surface area contributed by atoms with E-state index in [9.17, 15) is 4.79 Å². The van der Waals surface area contributed by atoms with E-state index in [2.05, 4.69) is 36.1 Å². The van der Waals surface area contributed by atoms with Crippen LogP contribution < -0.4 is 0 Å². The maximum absolute atomic E-state index is 10.8. The molecule has 92 valence electrons. The van der Waals surface area contributed by atoms with Crippen LogP contribution in [0.3, 0.4) is 0 Å². The predicted molar refractivity (Wildman–Crippen MR) is 66.1 cm³/mol. The lowest BCUT2D eigenvalue weighted by molar-refractivity contribution is 0.103. The quantitative estimate of drug-likeness (QED) is 0.848. The van der Waals surface area contributed by atoms with Crippen molar-refractivity contribution in [2.45, 2.75) is 13.5 Å². The summed E-state index contributed by atoms with van der Waals surface area (Å²) in [6.45, 7) is 5.86. The number of aryl methyl sites for hydroxylation is 1. The number of amides is 1. The molecule has 0 aliphatic carbocycles. The van der Waals surface area contributed by atoms with Gasteiger partial charge in [-0.25, -0.2) is 4.79 Å². The van der Waals surface area contributed by atoms with Crippen molar-refractivity contribution >= 4 is 6.09 Å². The molecule has 1 fully saturated rings. The molecular formula is C13H18N2O2. The smallest absolute Gasteiger partial charge is 0.407 e. The van der Waals surface area contributed by atoms with Crippen molar-refractivity contribution in [2.24, 2.45) is 0 Å². The van der Waals surface area contributed by atoms with Crippen LogP contribution in [0.2, 0.25) is 0 Å². The molecule has 4 heteroatoms. The first-order chi connectivity index (χ1) is 8.15. The Hall–Kier alpha value is -1.55. The lowest BCUT2D eigenvalue weighted by Crippen LogP contribution is -2.47. The van der Waals surface area contributed by atoms with Gasteiger partial charge in [0.05, 0.1) is 0 Å². The van der Waals surface area contributed by atoms with E-state index in [0.717, 1.165) is 19.6 Å². The third kappa shape index (κ3) is 3.20. The molecule has 4 nitrogen and oxygen atoms in total. The lowest BCUT2D eigenvalue weighted by atomic mass is 10.1. The summed E-state index contributed by atoms with van der Waals surface area (Å²) in [4.78, 5) is 14.6. The highest BCUT2D eigenvalue weighted by Gasteiger charge is 2.19. The normalized spacial score (nSPS) is 17.1. The van der Waals surface area contributed by atoms with Crippen molar-refractivity contribution in [1.82, 2.24) is 9.80 Å². The highest BCUT2D eigenvalue weighted by atomic mass is 16.4. The number of hydrogen-bond acceptors (Lipinski definition) is 2. The van der Waals surface area contributed by atoms with Crippen molar-refractivity contribution in [1.29, 1.82) is 0 Å². The number of carbonyl (C=O) groups is 1. The molecule has 1 aliphatic heterocycles. The van der Waals surface area contributed by atoms with Crippen LogP contribution in [0.15, 0.2) is 24.3 Å². The van der Waals surface area contributed by atoms with Gasteiger partial charge in [0.2, 0.25) is 0 Å². The van der Waals surface area contributed by atoms with Crippen LogP contribution in [0.1, 0.15) is 11.1 Å². The second kappa shape index (κ2) is 5.19. The molecule has 0 spiro atoms. The van der Waals surface area contributed by atoms with Crippen LogP contribution in [0.5, 0.6) is 0 Å². The van der Waals surface area contributed by atoms with Crippen LogP contribution in [0.25, 0.3) is 0 Å². The van der Waals surface area contributed by atoms with Gasteiger partial charge in [-0.05, 0) is 12.5 Å². The molecule has 1 heterocycles. The van der Waals surface area contributed by atoms with E-state index < -0.39 is 6.09 Å². The maximum Gasteiger partial charge on any atom is 0.407 e. The molecule has 1 N–H and O–H groups in total. The van der Waals surface area contributed by atoms with Gasteiger partial charge in [-0.15, -0.1) is 0 Å². The number of nitrogens with zero attached hydrogens (tertiary/aromatic N) is 2. The summed E-state index contributed by atoms with van der Waals surface area (Å²) >= 11 is 0. The fourth-order valence-electron chi connectivity index (χ4n) is 2.17. The first kappa shape index (κ1) is 11.9. The molecule has 0 radical (unpaired) electrons. The van der Waals surface area contributed by atoms with Crippen molar-refractivity contribution in [3.8, 4) is 0 Å². The minimum absolute atomic E-state index is 0.612. The number of carboxylic acid groups (broad SMARTS) is 1. The Kier molecular flexibility index (Phi) is 3.64. The fourth-order valence-corrected chi connectivity index (χ4v) is 2.17. The Balaban J connectivity index is 1.88. The lowest BCUT2D eigenvalue weighted by Gasteiger charge is -2.33. The monoisotopic (exact) mass is 234 g/mol. The second-order valence-electron chi connectivity index (χ2n) is 4.53. The molecule has 0 bridgehead atoms. The van der Waals surface area contributed by atoms with E-state index in [1.807, 2.05) is 0 Å². The van der Waals surface area contributed by atoms with Crippen LogP contribution in [0, 0.1) is 6.92 Å². The Labute approximate surface area is 101 Å². The van der Waals surface area contributed by atoms with Gasteiger partial charge in [-0.3, -0.25) is 4.90 Å². The van der Waals surface area contributed by atoms with E-state index in [1.165, 1.54) is 16.0 Å². The van der Waals surface area contributed by atoms with Crippen LogP contribution >= 0.6 is 0 Å². The summed E-state index contributed by atoms with van der Waals surface area (Å²) in [5.74, 6) is 0. The third-order valence-electron chi connectivity index (χ3n) is 3.13. The number of rotatable bonds is 2. The zero-order valence-corrected chi connectivity index (χ0v) is 10.1. The molecule has 0 unspecified atom stereocenters. The average molecular weight is 234 g/mol. The zero-order chi connectivity index (χ0) is 12.3. The molecule has 0 atom stereocenters. The summed E-state index contributed by atoms with van der Waals surface area (Å²) in [5, 5.41) is 8.86. The van der Waals surface area contributed by atoms with Gasteiger partial charge in [-0.1, -0.05) is 29.8 Å². The molecule has 1 aliphatic rings. The molecule has 0 saturated carbocycles. The minimum Gasteiger partial charge on any atom is -0.465 e. The summed E-state index contributed by atoms with van der Waals surface area (Å²) in [6, 6.07) is 8.46. The van der Waals surface area contributed by atoms with Gasteiger partial charge in [0, 0.05) is 32.7 Å². The standard InChI is InChI=1S/C13H18N2O2/c1-11-3-2-4-12(9-11)10-14-5-7-15(8-6-14)13(16)17/h2-4,9H,5-8,10H2,1H3,(H,16,17). The Morgan fingerprint density at radius 3 is 2.59 bits per heavy atom. The summed E-state index contributed by atoms with van der Waals surface area (Å²) in [7, 11) is 0. The van der Waals surface area contributed by atoms with Crippen LogP contribution in [0.4, 0.5) is 4.79 Å². The van der Waals surface area contributed by atoms with E-state index in [-0.39, 0.29) is 0 Å². The maximum atomic E-state index is 10.8. The number of piperazine rings is 1. The molecule has 17 heavy (non-hydrogen) atoms. The largest absolute Gasteiger partial charge is 0.465 e. The fraction of sp³-hybridized carbons (Fsp3) is 0.462. The predicted octanol–water partition coefficient (Wildman–Crippen LogP) is 1.79. The van der Waals surface area contributed by atoms with Crippen molar-refractivity contribution < 1.29 is 9.90 Å². The van der Waals surface area contributed by atoms with Gasteiger partial charge in [-0.2, -0.15) is 0 Å². The summed E-state index contributed by atoms with van der Waals surface area (Å²) in [5.41, 5.74) is 2.57.